The highest BCUT2D eigenvalue weighted by Gasteiger charge is 2.44. The van der Waals surface area contributed by atoms with Gasteiger partial charge in [-0.1, -0.05) is 62.3 Å². The molecule has 3 N–H and O–H groups in total. The first-order valence-corrected chi connectivity index (χ1v) is 18.4. The van der Waals surface area contributed by atoms with E-state index in [2.05, 4.69) is 15.4 Å². The molecule has 5 rings (SSSR count). The second-order valence-electron chi connectivity index (χ2n) is 13.5. The Morgan fingerprint density at radius 2 is 1.64 bits per heavy atom. The number of hydrogen-bond acceptors (Lipinski definition) is 5. The summed E-state index contributed by atoms with van der Waals surface area (Å²) in [6.45, 7) is 2.44. The van der Waals surface area contributed by atoms with Gasteiger partial charge in [0.15, 0.2) is 0 Å². The van der Waals surface area contributed by atoms with E-state index in [0.717, 1.165) is 44.2 Å². The normalized spacial score (nSPS) is 27.6. The van der Waals surface area contributed by atoms with Gasteiger partial charge in [-0.25, -0.2) is 13.1 Å². The maximum absolute atomic E-state index is 14.1. The first-order chi connectivity index (χ1) is 20.1. The van der Waals surface area contributed by atoms with Crippen LogP contribution in [0, 0.1) is 23.2 Å². The number of fused-ring (bicyclic) bond motifs is 1. The quantitative estimate of drug-likeness (QED) is 0.382. The number of sulfonamides is 1. The number of amides is 2. The van der Waals surface area contributed by atoms with Crippen molar-refractivity contribution < 1.29 is 18.0 Å². The van der Waals surface area contributed by atoms with E-state index in [1.165, 1.54) is 51.2 Å². The summed E-state index contributed by atoms with van der Waals surface area (Å²) in [5.41, 5.74) is 0.811. The number of carbonyl (C=O) groups excluding carboxylic acids is 2. The van der Waals surface area contributed by atoms with Crippen molar-refractivity contribution in [3.05, 3.63) is 34.9 Å². The molecule has 2 heterocycles. The molecule has 2 saturated carbocycles. The molecule has 0 bridgehead atoms. The van der Waals surface area contributed by atoms with Gasteiger partial charge in [0.25, 0.3) is 0 Å². The SMILES string of the molecule is CS(=O)(=O)NCC1(C2CCCCC2)CCN(C(=O)[C@H](Cc2ccc(Cl)cc2)NC(=O)[C@@H]2C[C@H]3CCCC[C@H]3CN2)CC1. The number of likely N-dealkylation sites (tertiary alicyclic amines) is 1. The van der Waals surface area contributed by atoms with Crippen LogP contribution in [-0.2, 0) is 26.0 Å². The fraction of sp³-hybridized carbons (Fsp3) is 0.750. The van der Waals surface area contributed by atoms with E-state index in [-0.39, 0.29) is 23.3 Å². The van der Waals surface area contributed by atoms with E-state index < -0.39 is 16.1 Å². The van der Waals surface area contributed by atoms with Crippen LogP contribution in [0.5, 0.6) is 0 Å². The van der Waals surface area contributed by atoms with Crippen molar-refractivity contribution >= 4 is 33.4 Å². The fourth-order valence-corrected chi connectivity index (χ4v) is 8.86. The molecule has 1 aromatic carbocycles. The summed E-state index contributed by atoms with van der Waals surface area (Å²) in [4.78, 5) is 29.5. The smallest absolute Gasteiger partial charge is 0.245 e. The topological polar surface area (TPSA) is 108 Å². The lowest BCUT2D eigenvalue weighted by molar-refractivity contribution is -0.139. The van der Waals surface area contributed by atoms with Gasteiger partial charge in [0.05, 0.1) is 12.3 Å². The lowest BCUT2D eigenvalue weighted by Crippen LogP contribution is -2.59. The largest absolute Gasteiger partial charge is 0.343 e. The highest BCUT2D eigenvalue weighted by Crippen LogP contribution is 2.45. The predicted octanol–water partition coefficient (Wildman–Crippen LogP) is 4.27. The molecule has 10 heteroatoms. The first kappa shape index (κ1) is 31.7. The van der Waals surface area contributed by atoms with Crippen LogP contribution in [0.25, 0.3) is 0 Å². The van der Waals surface area contributed by atoms with Crippen LogP contribution in [-0.4, -0.2) is 69.7 Å². The van der Waals surface area contributed by atoms with E-state index >= 15 is 0 Å². The Morgan fingerprint density at radius 1 is 1.00 bits per heavy atom. The molecule has 234 valence electrons. The third kappa shape index (κ3) is 8.07. The first-order valence-electron chi connectivity index (χ1n) is 16.1. The Bertz CT molecular complexity index is 1180. The molecular weight excluding hydrogens is 572 g/mol. The lowest BCUT2D eigenvalue weighted by atomic mass is 9.64. The number of carbonyl (C=O) groups is 2. The molecule has 8 nitrogen and oxygen atoms in total. The molecule has 1 aromatic rings. The van der Waals surface area contributed by atoms with Crippen molar-refractivity contribution in [1.29, 1.82) is 0 Å². The number of nitrogens with one attached hydrogen (secondary N) is 3. The van der Waals surface area contributed by atoms with Crippen molar-refractivity contribution in [2.45, 2.75) is 95.6 Å². The van der Waals surface area contributed by atoms with Crippen LogP contribution < -0.4 is 15.4 Å². The van der Waals surface area contributed by atoms with Gasteiger partial charge in [-0.15, -0.1) is 0 Å². The summed E-state index contributed by atoms with van der Waals surface area (Å²) >= 11 is 6.12. The maximum atomic E-state index is 14.1. The highest BCUT2D eigenvalue weighted by atomic mass is 35.5. The Kier molecular flexibility index (Phi) is 10.5. The molecule has 2 aliphatic carbocycles. The number of piperidine rings is 2. The van der Waals surface area contributed by atoms with Crippen LogP contribution in [0.3, 0.4) is 0 Å². The fourth-order valence-electron chi connectivity index (χ4n) is 8.18. The van der Waals surface area contributed by atoms with E-state index in [0.29, 0.717) is 48.8 Å². The summed E-state index contributed by atoms with van der Waals surface area (Å²) in [7, 11) is -3.31. The van der Waals surface area contributed by atoms with Gasteiger partial charge in [0.2, 0.25) is 21.8 Å². The van der Waals surface area contributed by atoms with Crippen molar-refractivity contribution in [2.24, 2.45) is 23.2 Å². The molecular formula is C32H49ClN4O4S. The molecule has 0 unspecified atom stereocenters. The summed E-state index contributed by atoms with van der Waals surface area (Å²) in [6.07, 6.45) is 14.8. The minimum atomic E-state index is -3.31. The lowest BCUT2D eigenvalue weighted by Gasteiger charge is -2.48. The van der Waals surface area contributed by atoms with Crippen LogP contribution in [0.1, 0.15) is 82.6 Å². The molecule has 2 aliphatic heterocycles. The highest BCUT2D eigenvalue weighted by molar-refractivity contribution is 7.88. The summed E-state index contributed by atoms with van der Waals surface area (Å²) in [5.74, 6) is 1.56. The van der Waals surface area contributed by atoms with E-state index in [9.17, 15) is 18.0 Å². The Morgan fingerprint density at radius 3 is 2.31 bits per heavy atom. The zero-order valence-electron chi connectivity index (χ0n) is 25.1. The molecule has 2 amide bonds. The van der Waals surface area contributed by atoms with Crippen molar-refractivity contribution in [3.8, 4) is 0 Å². The van der Waals surface area contributed by atoms with Crippen LogP contribution in [0.15, 0.2) is 24.3 Å². The van der Waals surface area contributed by atoms with Gasteiger partial charge < -0.3 is 15.5 Å². The minimum absolute atomic E-state index is 0.0574. The minimum Gasteiger partial charge on any atom is -0.343 e. The van der Waals surface area contributed by atoms with Crippen molar-refractivity contribution in [2.75, 3.05) is 32.4 Å². The van der Waals surface area contributed by atoms with Crippen molar-refractivity contribution in [1.82, 2.24) is 20.3 Å². The van der Waals surface area contributed by atoms with Gasteiger partial charge in [0.1, 0.15) is 6.04 Å². The van der Waals surface area contributed by atoms with Crippen molar-refractivity contribution in [3.63, 3.8) is 0 Å². The standard InChI is InChI=1S/C32H49ClN4O4S/c1-42(40,41)35-22-32(26-9-3-2-4-10-26)15-17-37(18-16-32)31(39)29(19-23-11-13-27(33)14-12-23)36-30(38)28-20-24-7-5-6-8-25(24)21-34-28/h11-14,24-26,28-29,34-35H,2-10,15-22H2,1H3,(H,36,38)/t24-,25+,28+,29+/m1/s1. The summed E-state index contributed by atoms with van der Waals surface area (Å²) in [6, 6.07) is 6.54. The third-order valence-electron chi connectivity index (χ3n) is 10.7. The Hall–Kier alpha value is -1.68. The van der Waals surface area contributed by atoms with Gasteiger partial charge in [-0.2, -0.15) is 0 Å². The number of halogens is 1. The van der Waals surface area contributed by atoms with Gasteiger partial charge in [0, 0.05) is 31.1 Å². The second-order valence-corrected chi connectivity index (χ2v) is 15.8. The molecule has 0 radical (unpaired) electrons. The summed E-state index contributed by atoms with van der Waals surface area (Å²) < 4.78 is 26.9. The molecule has 4 atom stereocenters. The molecule has 42 heavy (non-hydrogen) atoms. The summed E-state index contributed by atoms with van der Waals surface area (Å²) in [5, 5.41) is 7.27. The van der Waals surface area contributed by atoms with E-state index in [1.54, 1.807) is 0 Å². The molecule has 4 aliphatic rings. The zero-order chi connectivity index (χ0) is 29.7. The Balaban J connectivity index is 1.28. The molecule has 2 saturated heterocycles. The number of rotatable bonds is 9. The van der Waals surface area contributed by atoms with Crippen LogP contribution >= 0.6 is 11.6 Å². The van der Waals surface area contributed by atoms with E-state index in [1.807, 2.05) is 29.2 Å². The van der Waals surface area contributed by atoms with Gasteiger partial charge in [-0.05, 0) is 85.9 Å². The van der Waals surface area contributed by atoms with E-state index in [4.69, 9.17) is 11.6 Å². The van der Waals surface area contributed by atoms with Gasteiger partial charge in [-0.3, -0.25) is 9.59 Å². The Labute approximate surface area is 257 Å². The molecule has 0 aromatic heterocycles. The van der Waals surface area contributed by atoms with Gasteiger partial charge >= 0.3 is 0 Å². The second kappa shape index (κ2) is 14.0. The molecule has 0 spiro atoms. The number of benzene rings is 1. The monoisotopic (exact) mass is 620 g/mol. The number of hydrogen-bond donors (Lipinski definition) is 3. The zero-order valence-corrected chi connectivity index (χ0v) is 26.7. The maximum Gasteiger partial charge on any atom is 0.245 e. The van der Waals surface area contributed by atoms with Crippen LogP contribution in [0.4, 0.5) is 0 Å². The number of nitrogens with zero attached hydrogens (tertiary/aromatic N) is 1. The average Bonchev–Trinajstić information content (AvgIpc) is 3.00. The molecule has 4 fully saturated rings. The third-order valence-corrected chi connectivity index (χ3v) is 11.7. The van der Waals surface area contributed by atoms with Crippen LogP contribution in [0.2, 0.25) is 5.02 Å². The average molecular weight is 621 g/mol. The predicted molar refractivity (Wildman–Crippen MR) is 167 cm³/mol.